The molecular weight excluding hydrogens is 431 g/mol. The summed E-state index contributed by atoms with van der Waals surface area (Å²) in [5, 5.41) is 0. The van der Waals surface area contributed by atoms with Gasteiger partial charge in [0.05, 0.1) is 12.2 Å². The van der Waals surface area contributed by atoms with Crippen molar-refractivity contribution in [3.8, 4) is 0 Å². The lowest BCUT2D eigenvalue weighted by Gasteiger charge is -2.32. The van der Waals surface area contributed by atoms with Gasteiger partial charge in [-0.1, -0.05) is 42.0 Å². The predicted molar refractivity (Wildman–Crippen MR) is 118 cm³/mol. The van der Waals surface area contributed by atoms with Crippen LogP contribution in [0.5, 0.6) is 0 Å². The van der Waals surface area contributed by atoms with Gasteiger partial charge in [-0.15, -0.1) is 0 Å². The molecule has 3 aromatic rings. The number of fused-ring (bicyclic) bond motifs is 2. The van der Waals surface area contributed by atoms with Gasteiger partial charge in [-0.2, -0.15) is 0 Å². The number of carbonyl (C=O) groups excluding carboxylic acids is 2. The molecular formula is C24H19FN2O4S. The summed E-state index contributed by atoms with van der Waals surface area (Å²) in [5.41, 5.74) is 2.41. The molecule has 1 atom stereocenters. The lowest BCUT2D eigenvalue weighted by molar-refractivity contribution is -0.123. The molecule has 0 aliphatic carbocycles. The van der Waals surface area contributed by atoms with E-state index in [1.165, 1.54) is 17.0 Å². The number of carbonyl (C=O) groups is 2. The van der Waals surface area contributed by atoms with Crippen molar-refractivity contribution < 1.29 is 22.4 Å². The molecule has 2 heterocycles. The smallest absolute Gasteiger partial charge is 0.274 e. The molecule has 0 bridgehead atoms. The summed E-state index contributed by atoms with van der Waals surface area (Å²) in [6.07, 6.45) is 0. The van der Waals surface area contributed by atoms with Crippen LogP contribution in [0.25, 0.3) is 0 Å². The van der Waals surface area contributed by atoms with Crippen molar-refractivity contribution in [1.82, 2.24) is 0 Å². The summed E-state index contributed by atoms with van der Waals surface area (Å²) in [7, 11) is -4.26. The molecule has 0 aromatic heterocycles. The maximum atomic E-state index is 14.0. The first-order valence-electron chi connectivity index (χ1n) is 10.0. The summed E-state index contributed by atoms with van der Waals surface area (Å²) in [6.45, 7) is 1.95. The lowest BCUT2D eigenvalue weighted by Crippen LogP contribution is -2.54. The van der Waals surface area contributed by atoms with E-state index >= 15 is 0 Å². The van der Waals surface area contributed by atoms with Crippen molar-refractivity contribution in [3.63, 3.8) is 0 Å². The van der Waals surface area contributed by atoms with Gasteiger partial charge in [-0.05, 0) is 48.9 Å². The zero-order valence-corrected chi connectivity index (χ0v) is 18.0. The van der Waals surface area contributed by atoms with E-state index in [2.05, 4.69) is 0 Å². The molecule has 1 spiro atoms. The maximum Gasteiger partial charge on any atom is 0.274 e. The van der Waals surface area contributed by atoms with Gasteiger partial charge in [-0.3, -0.25) is 14.5 Å². The van der Waals surface area contributed by atoms with Crippen molar-refractivity contribution in [3.05, 3.63) is 95.3 Å². The Bertz CT molecular complexity index is 1360. The second kappa shape index (κ2) is 7.00. The largest absolute Gasteiger partial charge is 0.304 e. The first-order valence-corrected chi connectivity index (χ1v) is 11.7. The highest BCUT2D eigenvalue weighted by molar-refractivity contribution is 7.94. The number of hydrogen-bond acceptors (Lipinski definition) is 4. The van der Waals surface area contributed by atoms with Gasteiger partial charge >= 0.3 is 0 Å². The molecule has 1 unspecified atom stereocenters. The molecule has 32 heavy (non-hydrogen) atoms. The number of rotatable bonds is 3. The van der Waals surface area contributed by atoms with Crippen LogP contribution in [-0.2, 0) is 30.8 Å². The Labute approximate surface area is 184 Å². The van der Waals surface area contributed by atoms with Gasteiger partial charge in [0.2, 0.25) is 5.91 Å². The summed E-state index contributed by atoms with van der Waals surface area (Å²) in [5.74, 6) is -2.77. The minimum absolute atomic E-state index is 0.151. The highest BCUT2D eigenvalue weighted by Crippen LogP contribution is 2.53. The van der Waals surface area contributed by atoms with E-state index in [9.17, 15) is 22.4 Å². The molecule has 0 radical (unpaired) electrons. The quantitative estimate of drug-likeness (QED) is 0.614. The summed E-state index contributed by atoms with van der Waals surface area (Å²) >= 11 is 0. The fraction of sp³-hybridized carbons (Fsp3) is 0.167. The molecule has 5 rings (SSSR count). The third-order valence-electron chi connectivity index (χ3n) is 5.94. The van der Waals surface area contributed by atoms with E-state index in [0.717, 1.165) is 28.2 Å². The molecule has 1 fully saturated rings. The number of sulfone groups is 1. The number of hydrogen-bond donors (Lipinski definition) is 0. The van der Waals surface area contributed by atoms with Gasteiger partial charge in [0.15, 0.2) is 9.84 Å². The Hall–Kier alpha value is -3.52. The summed E-state index contributed by atoms with van der Waals surface area (Å²) in [6, 6.07) is 19.3. The van der Waals surface area contributed by atoms with E-state index in [1.54, 1.807) is 25.1 Å². The third-order valence-corrected chi connectivity index (χ3v) is 8.04. The fourth-order valence-electron chi connectivity index (χ4n) is 4.57. The number of anilines is 2. The first-order chi connectivity index (χ1) is 15.3. The fourth-order valence-corrected chi connectivity index (χ4v) is 6.59. The minimum Gasteiger partial charge on any atom is -0.304 e. The van der Waals surface area contributed by atoms with Crippen LogP contribution in [-0.4, -0.2) is 26.0 Å². The minimum atomic E-state index is -4.26. The van der Waals surface area contributed by atoms with Gasteiger partial charge in [0.1, 0.15) is 11.6 Å². The standard InChI is InChI=1S/C24H19FN2O4S/c1-16-7-12-21-20(13-16)24(23(29)26(21)14-17-5-3-2-4-6-17)27(22(28)15-32(24,30)31)19-10-8-18(25)9-11-19/h2-13H,14-15H2,1H3. The highest BCUT2D eigenvalue weighted by Gasteiger charge is 2.69. The number of amides is 2. The van der Waals surface area contributed by atoms with Gasteiger partial charge in [0, 0.05) is 11.3 Å². The van der Waals surface area contributed by atoms with Gasteiger partial charge < -0.3 is 4.90 Å². The second-order valence-electron chi connectivity index (χ2n) is 8.01. The summed E-state index contributed by atoms with van der Waals surface area (Å²) in [4.78, 5) is 27.2. The van der Waals surface area contributed by atoms with E-state index in [-0.39, 0.29) is 17.8 Å². The molecule has 3 aromatic carbocycles. The van der Waals surface area contributed by atoms with Crippen LogP contribution in [0.1, 0.15) is 16.7 Å². The van der Waals surface area contributed by atoms with Gasteiger partial charge in [-0.25, -0.2) is 12.8 Å². The van der Waals surface area contributed by atoms with E-state index in [0.29, 0.717) is 5.69 Å². The topological polar surface area (TPSA) is 74.8 Å². The molecule has 2 aliphatic heterocycles. The van der Waals surface area contributed by atoms with Gasteiger partial charge in [0.25, 0.3) is 10.8 Å². The Morgan fingerprint density at radius 2 is 1.66 bits per heavy atom. The van der Waals surface area contributed by atoms with Crippen LogP contribution < -0.4 is 9.80 Å². The monoisotopic (exact) mass is 450 g/mol. The zero-order valence-electron chi connectivity index (χ0n) is 17.2. The molecule has 2 amide bonds. The van der Waals surface area contributed by atoms with Crippen LogP contribution >= 0.6 is 0 Å². The van der Waals surface area contributed by atoms with Crippen LogP contribution in [0.4, 0.5) is 15.8 Å². The van der Waals surface area contributed by atoms with Crippen LogP contribution in [0.3, 0.4) is 0 Å². The van der Waals surface area contributed by atoms with Crippen LogP contribution in [0, 0.1) is 12.7 Å². The Morgan fingerprint density at radius 1 is 0.969 bits per heavy atom. The Balaban J connectivity index is 1.77. The molecule has 0 N–H and O–H groups in total. The molecule has 8 heteroatoms. The van der Waals surface area contributed by atoms with Crippen LogP contribution in [0.15, 0.2) is 72.8 Å². The average molecular weight is 450 g/mol. The molecule has 2 aliphatic rings. The Morgan fingerprint density at radius 3 is 2.34 bits per heavy atom. The summed E-state index contributed by atoms with van der Waals surface area (Å²) < 4.78 is 40.7. The molecule has 1 saturated heterocycles. The van der Waals surface area contributed by atoms with E-state index in [1.807, 2.05) is 30.3 Å². The third kappa shape index (κ3) is 2.72. The molecule has 162 valence electrons. The van der Waals surface area contributed by atoms with Crippen LogP contribution in [0.2, 0.25) is 0 Å². The Kier molecular flexibility index (Phi) is 4.46. The van der Waals surface area contributed by atoms with Crippen molar-refractivity contribution in [2.75, 3.05) is 15.6 Å². The average Bonchev–Trinajstić information content (AvgIpc) is 3.12. The van der Waals surface area contributed by atoms with Crippen molar-refractivity contribution in [2.24, 2.45) is 0 Å². The maximum absolute atomic E-state index is 14.0. The van der Waals surface area contributed by atoms with E-state index in [4.69, 9.17) is 0 Å². The van der Waals surface area contributed by atoms with E-state index < -0.39 is 38.1 Å². The normalized spacial score (nSPS) is 21.4. The lowest BCUT2D eigenvalue weighted by atomic mass is 10.0. The SMILES string of the molecule is Cc1ccc2c(c1)C1(C(=O)N2Cc2ccccc2)N(c2ccc(F)cc2)C(=O)CS1(=O)=O. The molecule has 0 saturated carbocycles. The second-order valence-corrected chi connectivity index (χ2v) is 10.1. The number of nitrogens with zero attached hydrogens (tertiary/aromatic N) is 2. The first kappa shape index (κ1) is 20.4. The molecule has 6 nitrogen and oxygen atoms in total. The number of halogens is 1. The zero-order chi connectivity index (χ0) is 22.7. The number of aryl methyl sites for hydroxylation is 1. The van der Waals surface area contributed by atoms with Crippen molar-refractivity contribution in [1.29, 1.82) is 0 Å². The predicted octanol–water partition coefficient (Wildman–Crippen LogP) is 3.30. The van der Waals surface area contributed by atoms with Crippen molar-refractivity contribution in [2.45, 2.75) is 18.3 Å². The number of benzene rings is 3. The van der Waals surface area contributed by atoms with Crippen molar-refractivity contribution >= 4 is 33.0 Å². The highest BCUT2D eigenvalue weighted by atomic mass is 32.2.